The van der Waals surface area contributed by atoms with Crippen LogP contribution < -0.4 is 15.4 Å². The van der Waals surface area contributed by atoms with Crippen molar-refractivity contribution in [1.82, 2.24) is 0 Å². The fourth-order valence-corrected chi connectivity index (χ4v) is 3.19. The summed E-state index contributed by atoms with van der Waals surface area (Å²) in [4.78, 5) is 14.7. The molecule has 0 saturated carbocycles. The number of carbonyl (C=O) groups is 1. The van der Waals surface area contributed by atoms with Crippen LogP contribution in [0.2, 0.25) is 0 Å². The van der Waals surface area contributed by atoms with Crippen LogP contribution >= 0.6 is 0 Å². The fraction of sp³-hybridized carbons (Fsp3) is 0.0870. The van der Waals surface area contributed by atoms with Gasteiger partial charge in [0.05, 0.1) is 12.2 Å². The van der Waals surface area contributed by atoms with Gasteiger partial charge in [0.15, 0.2) is 11.5 Å². The van der Waals surface area contributed by atoms with Crippen LogP contribution in [0.4, 0.5) is 15.8 Å². The van der Waals surface area contributed by atoms with Gasteiger partial charge < -0.3 is 10.5 Å². The van der Waals surface area contributed by atoms with Gasteiger partial charge in [0.2, 0.25) is 0 Å². The standard InChI is InChI=1S/C23H19FN2O2/c1-15-5-4-6-16(11-15)12-22-23(27)26(14-17-7-2-3-8-19(17)24)20-13-18(25)9-10-21(20)28-22/h2-13H,14,25H2,1H3/b22-12+. The minimum absolute atomic E-state index is 0.0798. The summed E-state index contributed by atoms with van der Waals surface area (Å²) in [7, 11) is 0. The van der Waals surface area contributed by atoms with Gasteiger partial charge in [-0.2, -0.15) is 0 Å². The van der Waals surface area contributed by atoms with Crippen LogP contribution in [0, 0.1) is 12.7 Å². The maximum Gasteiger partial charge on any atom is 0.294 e. The van der Waals surface area contributed by atoms with Crippen LogP contribution in [-0.2, 0) is 11.3 Å². The molecule has 0 saturated heterocycles. The van der Waals surface area contributed by atoms with Gasteiger partial charge in [-0.1, -0.05) is 48.0 Å². The van der Waals surface area contributed by atoms with Crippen molar-refractivity contribution in [3.63, 3.8) is 0 Å². The quantitative estimate of drug-likeness (QED) is 0.535. The Bertz CT molecular complexity index is 1090. The average Bonchev–Trinajstić information content (AvgIpc) is 2.67. The minimum Gasteiger partial charge on any atom is -0.449 e. The van der Waals surface area contributed by atoms with Crippen molar-refractivity contribution in [2.24, 2.45) is 0 Å². The Morgan fingerprint density at radius 2 is 1.89 bits per heavy atom. The van der Waals surface area contributed by atoms with Crippen LogP contribution in [0.1, 0.15) is 16.7 Å². The smallest absolute Gasteiger partial charge is 0.294 e. The molecule has 1 amide bonds. The summed E-state index contributed by atoms with van der Waals surface area (Å²) < 4.78 is 20.1. The van der Waals surface area contributed by atoms with Gasteiger partial charge in [-0.25, -0.2) is 4.39 Å². The van der Waals surface area contributed by atoms with E-state index < -0.39 is 0 Å². The van der Waals surface area contributed by atoms with E-state index in [2.05, 4.69) is 0 Å². The van der Waals surface area contributed by atoms with Gasteiger partial charge >= 0.3 is 0 Å². The number of benzene rings is 3. The molecule has 0 aromatic heterocycles. The predicted molar refractivity (Wildman–Crippen MR) is 108 cm³/mol. The molecular weight excluding hydrogens is 355 g/mol. The second-order valence-electron chi connectivity index (χ2n) is 6.73. The van der Waals surface area contributed by atoms with Crippen molar-refractivity contribution < 1.29 is 13.9 Å². The number of rotatable bonds is 3. The lowest BCUT2D eigenvalue weighted by Crippen LogP contribution is -2.37. The molecule has 0 spiro atoms. The lowest BCUT2D eigenvalue weighted by Gasteiger charge is -2.31. The highest BCUT2D eigenvalue weighted by molar-refractivity contribution is 6.10. The number of hydrogen-bond acceptors (Lipinski definition) is 3. The summed E-state index contributed by atoms with van der Waals surface area (Å²) in [5.74, 6) is -0.0254. The van der Waals surface area contributed by atoms with E-state index in [-0.39, 0.29) is 24.0 Å². The molecule has 140 valence electrons. The highest BCUT2D eigenvalue weighted by atomic mass is 19.1. The predicted octanol–water partition coefficient (Wildman–Crippen LogP) is 4.68. The Kier molecular flexibility index (Phi) is 4.57. The summed E-state index contributed by atoms with van der Waals surface area (Å²) in [6, 6.07) is 19.3. The Morgan fingerprint density at radius 1 is 1.07 bits per heavy atom. The first kappa shape index (κ1) is 17.8. The molecule has 0 radical (unpaired) electrons. The van der Waals surface area contributed by atoms with E-state index in [1.54, 1.807) is 42.5 Å². The number of carbonyl (C=O) groups excluding carboxylic acids is 1. The number of nitrogens with zero attached hydrogens (tertiary/aromatic N) is 1. The molecule has 4 nitrogen and oxygen atoms in total. The maximum atomic E-state index is 14.2. The topological polar surface area (TPSA) is 55.6 Å². The number of nitrogen functional groups attached to an aromatic ring is 1. The van der Waals surface area contributed by atoms with Gasteiger partial charge in [0, 0.05) is 11.3 Å². The third-order valence-corrected chi connectivity index (χ3v) is 4.58. The Hall–Kier alpha value is -3.60. The van der Waals surface area contributed by atoms with Gasteiger partial charge in [-0.05, 0) is 42.8 Å². The molecule has 1 heterocycles. The van der Waals surface area contributed by atoms with Gasteiger partial charge in [0.1, 0.15) is 5.82 Å². The molecule has 28 heavy (non-hydrogen) atoms. The van der Waals surface area contributed by atoms with E-state index in [1.165, 1.54) is 11.0 Å². The van der Waals surface area contributed by atoms with Crippen LogP contribution in [-0.4, -0.2) is 5.91 Å². The average molecular weight is 374 g/mol. The number of aryl methyl sites for hydroxylation is 1. The number of halogens is 1. The van der Waals surface area contributed by atoms with E-state index in [9.17, 15) is 9.18 Å². The molecule has 5 heteroatoms. The molecule has 1 aliphatic heterocycles. The molecule has 2 N–H and O–H groups in total. The van der Waals surface area contributed by atoms with Crippen molar-refractivity contribution in [3.05, 3.63) is 95.0 Å². The normalized spacial score (nSPS) is 14.7. The third-order valence-electron chi connectivity index (χ3n) is 4.58. The molecular formula is C23H19FN2O2. The summed E-state index contributed by atoms with van der Waals surface area (Å²) in [6.45, 7) is 2.06. The Morgan fingerprint density at radius 3 is 2.68 bits per heavy atom. The van der Waals surface area contributed by atoms with Crippen LogP contribution in [0.25, 0.3) is 6.08 Å². The molecule has 3 aromatic carbocycles. The first-order valence-electron chi connectivity index (χ1n) is 8.92. The molecule has 0 bridgehead atoms. The van der Waals surface area contributed by atoms with Crippen molar-refractivity contribution in [1.29, 1.82) is 0 Å². The number of amides is 1. The number of nitrogens with two attached hydrogens (primary N) is 1. The highest BCUT2D eigenvalue weighted by Crippen LogP contribution is 2.38. The van der Waals surface area contributed by atoms with E-state index in [0.717, 1.165) is 11.1 Å². The second kappa shape index (κ2) is 7.19. The lowest BCUT2D eigenvalue weighted by atomic mass is 10.1. The van der Waals surface area contributed by atoms with Crippen LogP contribution in [0.15, 0.2) is 72.5 Å². The zero-order chi connectivity index (χ0) is 19.7. The highest BCUT2D eigenvalue weighted by Gasteiger charge is 2.31. The SMILES string of the molecule is Cc1cccc(/C=C2/Oc3ccc(N)cc3N(Cc3ccccc3F)C2=O)c1. The van der Waals surface area contributed by atoms with E-state index in [0.29, 0.717) is 22.7 Å². The van der Waals surface area contributed by atoms with E-state index >= 15 is 0 Å². The number of anilines is 2. The zero-order valence-electron chi connectivity index (χ0n) is 15.4. The molecule has 4 rings (SSSR count). The lowest BCUT2D eigenvalue weighted by molar-refractivity contribution is -0.117. The fourth-order valence-electron chi connectivity index (χ4n) is 3.19. The zero-order valence-corrected chi connectivity index (χ0v) is 15.4. The molecule has 0 unspecified atom stereocenters. The third kappa shape index (κ3) is 3.47. The number of ether oxygens (including phenoxy) is 1. The van der Waals surface area contributed by atoms with Crippen molar-refractivity contribution >= 4 is 23.4 Å². The van der Waals surface area contributed by atoms with Crippen molar-refractivity contribution in [2.75, 3.05) is 10.6 Å². The van der Waals surface area contributed by atoms with Crippen LogP contribution in [0.3, 0.4) is 0 Å². The van der Waals surface area contributed by atoms with Crippen molar-refractivity contribution in [2.45, 2.75) is 13.5 Å². The monoisotopic (exact) mass is 374 g/mol. The molecule has 1 aliphatic rings. The van der Waals surface area contributed by atoms with Gasteiger partial charge in [-0.15, -0.1) is 0 Å². The summed E-state index contributed by atoms with van der Waals surface area (Å²) in [5, 5.41) is 0. The van der Waals surface area contributed by atoms with Gasteiger partial charge in [0.25, 0.3) is 5.91 Å². The summed E-state index contributed by atoms with van der Waals surface area (Å²) in [6.07, 6.45) is 1.70. The Balaban J connectivity index is 1.78. The summed E-state index contributed by atoms with van der Waals surface area (Å²) >= 11 is 0. The van der Waals surface area contributed by atoms with Crippen molar-refractivity contribution in [3.8, 4) is 5.75 Å². The Labute approximate surface area is 162 Å². The molecule has 0 aliphatic carbocycles. The molecule has 0 atom stereocenters. The largest absolute Gasteiger partial charge is 0.449 e. The number of hydrogen-bond donors (Lipinski definition) is 1. The van der Waals surface area contributed by atoms with E-state index in [4.69, 9.17) is 10.5 Å². The number of fused-ring (bicyclic) bond motifs is 1. The molecule has 0 fully saturated rings. The van der Waals surface area contributed by atoms with Crippen LogP contribution in [0.5, 0.6) is 5.75 Å². The maximum absolute atomic E-state index is 14.2. The van der Waals surface area contributed by atoms with Gasteiger partial charge in [-0.3, -0.25) is 9.69 Å². The summed E-state index contributed by atoms with van der Waals surface area (Å²) in [5.41, 5.74) is 9.28. The van der Waals surface area contributed by atoms with E-state index in [1.807, 2.05) is 31.2 Å². The first-order valence-corrected chi connectivity index (χ1v) is 8.92. The minimum atomic E-state index is -0.364. The molecule has 3 aromatic rings. The second-order valence-corrected chi connectivity index (χ2v) is 6.73. The first-order chi connectivity index (χ1) is 13.5.